The molecule has 10 heteroatoms. The van der Waals surface area contributed by atoms with E-state index in [9.17, 15) is 18.0 Å². The zero-order chi connectivity index (χ0) is 23.6. The summed E-state index contributed by atoms with van der Waals surface area (Å²) >= 11 is 1.09. The van der Waals surface area contributed by atoms with Gasteiger partial charge < -0.3 is 9.88 Å². The number of fused-ring (bicyclic) bond motifs is 1. The molecule has 1 N–H and O–H groups in total. The number of carbonyl (C=O) groups excluding carboxylic acids is 1. The van der Waals surface area contributed by atoms with Crippen LogP contribution in [-0.2, 0) is 6.42 Å². The van der Waals surface area contributed by atoms with Gasteiger partial charge in [0.15, 0.2) is 10.8 Å². The predicted octanol–water partition coefficient (Wildman–Crippen LogP) is 4.93. The fraction of sp³-hybridized carbons (Fsp3) is 0.522. The number of nitrogens with zero attached hydrogens (tertiary/aromatic N) is 4. The molecule has 3 aromatic rings. The minimum Gasteiger partial charge on any atom is -0.361 e. The molecule has 2 atom stereocenters. The number of halogens is 3. The van der Waals surface area contributed by atoms with Crippen LogP contribution in [0.3, 0.4) is 0 Å². The SMILES string of the molecule is CCCC(CC(=O)c1nnc(N2CCN(C)C(C(F)(F)F)C2)s1)Cc1c[nH]c2ccccc12. The number of aromatic nitrogens is 3. The Labute approximate surface area is 194 Å². The molecule has 1 fully saturated rings. The third-order valence-corrected chi connectivity index (χ3v) is 7.33. The fourth-order valence-electron chi connectivity index (χ4n) is 4.50. The highest BCUT2D eigenvalue weighted by atomic mass is 32.1. The van der Waals surface area contributed by atoms with Gasteiger partial charge in [-0.2, -0.15) is 13.2 Å². The third kappa shape index (κ3) is 5.38. The smallest absolute Gasteiger partial charge is 0.361 e. The normalized spacial score (nSPS) is 18.7. The predicted molar refractivity (Wildman–Crippen MR) is 124 cm³/mol. The Kier molecular flexibility index (Phi) is 7.04. The second-order valence-corrected chi connectivity index (χ2v) is 9.68. The molecule has 2 unspecified atom stereocenters. The molecule has 6 nitrogen and oxygen atoms in total. The van der Waals surface area contributed by atoms with Gasteiger partial charge in [-0.3, -0.25) is 9.69 Å². The number of rotatable bonds is 8. The van der Waals surface area contributed by atoms with E-state index in [1.165, 1.54) is 22.9 Å². The first-order chi connectivity index (χ1) is 15.8. The van der Waals surface area contributed by atoms with Crippen LogP contribution in [0.5, 0.6) is 0 Å². The second-order valence-electron chi connectivity index (χ2n) is 8.72. The number of aromatic amines is 1. The summed E-state index contributed by atoms with van der Waals surface area (Å²) in [4.78, 5) is 19.2. The van der Waals surface area contributed by atoms with Gasteiger partial charge in [0.25, 0.3) is 0 Å². The number of para-hydroxylation sites is 1. The summed E-state index contributed by atoms with van der Waals surface area (Å²) < 4.78 is 40.0. The monoisotopic (exact) mass is 479 g/mol. The maximum absolute atomic E-state index is 13.3. The standard InChI is InChI=1S/C23H28F3N5OS/c1-3-6-15(11-16-13-27-18-8-5-4-7-17(16)18)12-19(32)21-28-29-22(33-21)31-10-9-30(2)20(14-31)23(24,25)26/h4-5,7-8,13,15,20,27H,3,6,9-12,14H2,1-2H3. The summed E-state index contributed by atoms with van der Waals surface area (Å²) in [6.07, 6.45) is 0.680. The van der Waals surface area contributed by atoms with Crippen LogP contribution in [-0.4, -0.2) is 64.8 Å². The van der Waals surface area contributed by atoms with Gasteiger partial charge in [-0.15, -0.1) is 10.2 Å². The number of alkyl halides is 3. The Bertz CT molecular complexity index is 1100. The Morgan fingerprint density at radius 2 is 2.06 bits per heavy atom. The second kappa shape index (κ2) is 9.80. The summed E-state index contributed by atoms with van der Waals surface area (Å²) in [6, 6.07) is 6.54. The van der Waals surface area contributed by atoms with Crippen molar-refractivity contribution in [1.82, 2.24) is 20.1 Å². The maximum atomic E-state index is 13.3. The highest BCUT2D eigenvalue weighted by molar-refractivity contribution is 7.17. The van der Waals surface area contributed by atoms with Crippen LogP contribution >= 0.6 is 11.3 Å². The number of hydrogen-bond acceptors (Lipinski definition) is 6. The number of nitrogens with one attached hydrogen (secondary N) is 1. The Morgan fingerprint density at radius 1 is 1.27 bits per heavy atom. The van der Waals surface area contributed by atoms with Crippen molar-refractivity contribution >= 4 is 33.2 Å². The summed E-state index contributed by atoms with van der Waals surface area (Å²) in [7, 11) is 1.48. The lowest BCUT2D eigenvalue weighted by atomic mass is 9.90. The van der Waals surface area contributed by atoms with Gasteiger partial charge in [0.2, 0.25) is 5.13 Å². The molecule has 0 bridgehead atoms. The Balaban J connectivity index is 1.43. The lowest BCUT2D eigenvalue weighted by Gasteiger charge is -2.39. The van der Waals surface area contributed by atoms with Crippen molar-refractivity contribution in [3.05, 3.63) is 41.0 Å². The van der Waals surface area contributed by atoms with E-state index in [4.69, 9.17) is 0 Å². The van der Waals surface area contributed by atoms with Gasteiger partial charge >= 0.3 is 6.18 Å². The quantitative estimate of drug-likeness (QED) is 0.464. The number of benzene rings is 1. The molecule has 1 aliphatic heterocycles. The molecule has 1 saturated heterocycles. The van der Waals surface area contributed by atoms with Crippen LogP contribution in [0.25, 0.3) is 10.9 Å². The maximum Gasteiger partial charge on any atom is 0.405 e. The molecule has 178 valence electrons. The summed E-state index contributed by atoms with van der Waals surface area (Å²) in [5, 5.41) is 9.90. The lowest BCUT2D eigenvalue weighted by Crippen LogP contribution is -2.57. The van der Waals surface area contributed by atoms with E-state index < -0.39 is 12.2 Å². The van der Waals surface area contributed by atoms with Crippen LogP contribution in [0.2, 0.25) is 0 Å². The first-order valence-electron chi connectivity index (χ1n) is 11.2. The Morgan fingerprint density at radius 3 is 2.82 bits per heavy atom. The number of carbonyl (C=O) groups is 1. The van der Waals surface area contributed by atoms with Crippen molar-refractivity contribution < 1.29 is 18.0 Å². The minimum atomic E-state index is -4.31. The van der Waals surface area contributed by atoms with E-state index in [2.05, 4.69) is 28.2 Å². The van der Waals surface area contributed by atoms with Crippen LogP contribution in [0.1, 0.15) is 41.6 Å². The van der Waals surface area contributed by atoms with Crippen LogP contribution < -0.4 is 4.90 Å². The lowest BCUT2D eigenvalue weighted by molar-refractivity contribution is -0.180. The number of Topliss-reactive ketones (excluding diaryl/α,β-unsaturated/α-hetero) is 1. The van der Waals surface area contributed by atoms with E-state index in [1.54, 1.807) is 4.90 Å². The number of ketones is 1. The average molecular weight is 480 g/mol. The molecule has 0 spiro atoms. The van der Waals surface area contributed by atoms with Gasteiger partial charge in [-0.05, 0) is 37.4 Å². The minimum absolute atomic E-state index is 0.0986. The van der Waals surface area contributed by atoms with Crippen molar-refractivity contribution in [2.24, 2.45) is 5.92 Å². The van der Waals surface area contributed by atoms with Gasteiger partial charge in [0, 0.05) is 43.2 Å². The van der Waals surface area contributed by atoms with E-state index in [-0.39, 0.29) is 29.8 Å². The molecule has 4 rings (SSSR count). The molecule has 0 saturated carbocycles. The van der Waals surface area contributed by atoms with Crippen LogP contribution in [0, 0.1) is 5.92 Å². The Hall–Kier alpha value is -2.46. The summed E-state index contributed by atoms with van der Waals surface area (Å²) in [5.74, 6) is 0.0610. The highest BCUT2D eigenvalue weighted by Crippen LogP contribution is 2.31. The molecule has 2 aromatic heterocycles. The third-order valence-electron chi connectivity index (χ3n) is 6.30. The molecule has 0 radical (unpaired) electrons. The molecule has 1 aliphatic rings. The molecule has 1 aromatic carbocycles. The zero-order valence-electron chi connectivity index (χ0n) is 18.7. The van der Waals surface area contributed by atoms with E-state index in [0.717, 1.165) is 36.1 Å². The molecule has 33 heavy (non-hydrogen) atoms. The van der Waals surface area contributed by atoms with Crippen LogP contribution in [0.4, 0.5) is 18.3 Å². The van der Waals surface area contributed by atoms with Crippen LogP contribution in [0.15, 0.2) is 30.5 Å². The topological polar surface area (TPSA) is 65.1 Å². The largest absolute Gasteiger partial charge is 0.405 e. The highest BCUT2D eigenvalue weighted by Gasteiger charge is 2.45. The number of hydrogen-bond donors (Lipinski definition) is 1. The zero-order valence-corrected chi connectivity index (χ0v) is 19.5. The van der Waals surface area contributed by atoms with Gasteiger partial charge in [0.1, 0.15) is 6.04 Å². The first kappa shape index (κ1) is 23.7. The average Bonchev–Trinajstić information content (AvgIpc) is 3.41. The molecule has 3 heterocycles. The van der Waals surface area contributed by atoms with Crippen molar-refractivity contribution in [2.75, 3.05) is 31.6 Å². The number of H-pyrrole nitrogens is 1. The molecular formula is C23H28F3N5OS. The van der Waals surface area contributed by atoms with E-state index >= 15 is 0 Å². The summed E-state index contributed by atoms with van der Waals surface area (Å²) in [5.41, 5.74) is 2.26. The van der Waals surface area contributed by atoms with Crippen molar-refractivity contribution in [3.63, 3.8) is 0 Å². The molecule has 0 amide bonds. The van der Waals surface area contributed by atoms with Crippen molar-refractivity contribution in [2.45, 2.75) is 44.8 Å². The molecule has 0 aliphatic carbocycles. The number of piperazine rings is 1. The van der Waals surface area contributed by atoms with Gasteiger partial charge in [0.05, 0.1) is 0 Å². The van der Waals surface area contributed by atoms with Crippen molar-refractivity contribution in [1.29, 1.82) is 0 Å². The fourth-order valence-corrected chi connectivity index (χ4v) is 5.33. The molecular weight excluding hydrogens is 451 g/mol. The number of likely N-dealkylation sites (N-methyl/N-ethyl adjacent to an activating group) is 1. The summed E-state index contributed by atoms with van der Waals surface area (Å²) in [6.45, 7) is 2.59. The van der Waals surface area contributed by atoms with Gasteiger partial charge in [-0.1, -0.05) is 42.9 Å². The van der Waals surface area contributed by atoms with E-state index in [0.29, 0.717) is 18.1 Å². The van der Waals surface area contributed by atoms with E-state index in [1.807, 2.05) is 24.4 Å². The van der Waals surface area contributed by atoms with Gasteiger partial charge in [-0.25, -0.2) is 0 Å². The van der Waals surface area contributed by atoms with Crippen molar-refractivity contribution in [3.8, 4) is 0 Å². The number of anilines is 1. The first-order valence-corrected chi connectivity index (χ1v) is 12.0.